The Hall–Kier alpha value is -1.43. The molecule has 1 aromatic carbocycles. The molecule has 0 saturated carbocycles. The lowest BCUT2D eigenvalue weighted by Gasteiger charge is -2.17. The molecule has 1 fully saturated rings. The third-order valence-electron chi connectivity index (χ3n) is 3.25. The van der Waals surface area contributed by atoms with Crippen molar-refractivity contribution >= 4 is 5.97 Å². The molecule has 1 aliphatic rings. The molecule has 1 aliphatic heterocycles. The van der Waals surface area contributed by atoms with Crippen molar-refractivity contribution in [3.8, 4) is 0 Å². The van der Waals surface area contributed by atoms with Gasteiger partial charge in [0.05, 0.1) is 11.7 Å². The van der Waals surface area contributed by atoms with Gasteiger partial charge in [-0.3, -0.25) is 0 Å². The molecule has 1 aromatic rings. The second-order valence-electron chi connectivity index (χ2n) is 4.78. The highest BCUT2D eigenvalue weighted by Gasteiger charge is 2.37. The lowest BCUT2D eigenvalue weighted by molar-refractivity contribution is -0.176. The molecular weight excluding hydrogens is 272 g/mol. The van der Waals surface area contributed by atoms with E-state index < -0.39 is 0 Å². The molecule has 0 aliphatic carbocycles. The van der Waals surface area contributed by atoms with E-state index in [9.17, 15) is 4.79 Å². The zero-order valence-corrected chi connectivity index (χ0v) is 12.5. The third-order valence-corrected chi connectivity index (χ3v) is 3.25. The van der Waals surface area contributed by atoms with E-state index in [4.69, 9.17) is 18.9 Å². The van der Waals surface area contributed by atoms with Gasteiger partial charge in [-0.15, -0.1) is 0 Å². The number of rotatable bonds is 7. The van der Waals surface area contributed by atoms with E-state index in [0.717, 1.165) is 0 Å². The fraction of sp³-hybridized carbons (Fsp3) is 0.562. The summed E-state index contributed by atoms with van der Waals surface area (Å²) in [5, 5.41) is 0. The van der Waals surface area contributed by atoms with Crippen LogP contribution < -0.4 is 0 Å². The van der Waals surface area contributed by atoms with Gasteiger partial charge in [-0.05, 0) is 26.0 Å². The van der Waals surface area contributed by atoms with Crippen molar-refractivity contribution in [2.75, 3.05) is 19.8 Å². The van der Waals surface area contributed by atoms with Crippen molar-refractivity contribution < 1.29 is 23.7 Å². The Bertz CT molecular complexity index is 420. The molecule has 3 atom stereocenters. The van der Waals surface area contributed by atoms with Crippen LogP contribution in [0.2, 0.25) is 0 Å². The zero-order valence-electron chi connectivity index (χ0n) is 12.5. The first kappa shape index (κ1) is 15.9. The summed E-state index contributed by atoms with van der Waals surface area (Å²) in [4.78, 5) is 11.9. The molecule has 1 saturated heterocycles. The molecule has 1 heterocycles. The van der Waals surface area contributed by atoms with Crippen LogP contribution in [0.3, 0.4) is 0 Å². The summed E-state index contributed by atoms with van der Waals surface area (Å²) in [5.74, 6) is -0.341. The second-order valence-corrected chi connectivity index (χ2v) is 4.78. The number of benzene rings is 1. The van der Waals surface area contributed by atoms with E-state index in [2.05, 4.69) is 0 Å². The van der Waals surface area contributed by atoms with Crippen LogP contribution in [0.4, 0.5) is 0 Å². The number of esters is 1. The van der Waals surface area contributed by atoms with Crippen molar-refractivity contribution in [2.24, 2.45) is 0 Å². The topological polar surface area (TPSA) is 54.0 Å². The predicted molar refractivity (Wildman–Crippen MR) is 77.0 cm³/mol. The van der Waals surface area contributed by atoms with Crippen molar-refractivity contribution in [3.63, 3.8) is 0 Å². The number of hydrogen-bond acceptors (Lipinski definition) is 5. The molecular formula is C16H22O5. The van der Waals surface area contributed by atoms with Gasteiger partial charge in [0.25, 0.3) is 0 Å². The monoisotopic (exact) mass is 294 g/mol. The van der Waals surface area contributed by atoms with E-state index in [1.807, 2.05) is 19.9 Å². The fourth-order valence-corrected chi connectivity index (χ4v) is 2.31. The largest absolute Gasteiger partial charge is 0.459 e. The lowest BCUT2D eigenvalue weighted by atomic mass is 10.2. The highest BCUT2D eigenvalue weighted by Crippen LogP contribution is 2.24. The smallest absolute Gasteiger partial charge is 0.338 e. The molecule has 0 radical (unpaired) electrons. The Balaban J connectivity index is 1.82. The predicted octanol–water partition coefficient (Wildman–Crippen LogP) is 2.40. The summed E-state index contributed by atoms with van der Waals surface area (Å²) in [7, 11) is 0. The average molecular weight is 294 g/mol. The van der Waals surface area contributed by atoms with Gasteiger partial charge in [-0.2, -0.15) is 0 Å². The lowest BCUT2D eigenvalue weighted by Crippen LogP contribution is -2.27. The Labute approximate surface area is 125 Å². The standard InChI is InChI=1S/C16H22O5/c1-3-18-14-10-13(21-16(14)19-4-2)11-20-15(17)12-8-6-5-7-9-12/h5-9,13-14,16H,3-4,10-11H2,1-2H3. The van der Waals surface area contributed by atoms with E-state index >= 15 is 0 Å². The van der Waals surface area contributed by atoms with Crippen molar-refractivity contribution in [2.45, 2.75) is 38.8 Å². The van der Waals surface area contributed by atoms with Crippen LogP contribution in [0, 0.1) is 0 Å². The van der Waals surface area contributed by atoms with Crippen molar-refractivity contribution in [1.82, 2.24) is 0 Å². The normalized spacial score (nSPS) is 25.0. The van der Waals surface area contributed by atoms with Crippen LogP contribution >= 0.6 is 0 Å². The van der Waals surface area contributed by atoms with E-state index in [0.29, 0.717) is 25.2 Å². The quantitative estimate of drug-likeness (QED) is 0.723. The average Bonchev–Trinajstić information content (AvgIpc) is 2.89. The molecule has 116 valence electrons. The van der Waals surface area contributed by atoms with Gasteiger partial charge < -0.3 is 18.9 Å². The van der Waals surface area contributed by atoms with E-state index in [-0.39, 0.29) is 31.1 Å². The summed E-state index contributed by atoms with van der Waals surface area (Å²) < 4.78 is 22.1. The van der Waals surface area contributed by atoms with Gasteiger partial charge in [0, 0.05) is 19.6 Å². The molecule has 0 aromatic heterocycles. The molecule has 0 spiro atoms. The Morgan fingerprint density at radius 3 is 2.57 bits per heavy atom. The van der Waals surface area contributed by atoms with Crippen LogP contribution in [0.15, 0.2) is 30.3 Å². The Morgan fingerprint density at radius 2 is 1.90 bits per heavy atom. The summed E-state index contributed by atoms with van der Waals surface area (Å²) >= 11 is 0. The first-order valence-electron chi connectivity index (χ1n) is 7.35. The van der Waals surface area contributed by atoms with Gasteiger partial charge >= 0.3 is 5.97 Å². The number of carbonyl (C=O) groups excluding carboxylic acids is 1. The SMILES string of the molecule is CCOC1CC(COC(=O)c2ccccc2)OC1OCC. The summed E-state index contributed by atoms with van der Waals surface area (Å²) in [6.07, 6.45) is -0.00265. The maximum Gasteiger partial charge on any atom is 0.338 e. The first-order valence-corrected chi connectivity index (χ1v) is 7.35. The van der Waals surface area contributed by atoms with Gasteiger partial charge in [-0.1, -0.05) is 18.2 Å². The molecule has 0 amide bonds. The second kappa shape index (κ2) is 8.12. The minimum Gasteiger partial charge on any atom is -0.459 e. The minimum atomic E-state index is -0.379. The number of ether oxygens (including phenoxy) is 4. The maximum atomic E-state index is 11.9. The Morgan fingerprint density at radius 1 is 1.19 bits per heavy atom. The fourth-order valence-electron chi connectivity index (χ4n) is 2.31. The van der Waals surface area contributed by atoms with Crippen molar-refractivity contribution in [3.05, 3.63) is 35.9 Å². The van der Waals surface area contributed by atoms with Crippen LogP contribution in [0.25, 0.3) is 0 Å². The van der Waals surface area contributed by atoms with Crippen LogP contribution in [0.5, 0.6) is 0 Å². The van der Waals surface area contributed by atoms with Gasteiger partial charge in [0.2, 0.25) is 0 Å². The van der Waals surface area contributed by atoms with Gasteiger partial charge in [0.1, 0.15) is 12.7 Å². The molecule has 3 unspecified atom stereocenters. The van der Waals surface area contributed by atoms with E-state index in [1.165, 1.54) is 0 Å². The number of hydrogen-bond donors (Lipinski definition) is 0. The summed E-state index contributed by atoms with van der Waals surface area (Å²) in [6.45, 7) is 5.22. The van der Waals surface area contributed by atoms with E-state index in [1.54, 1.807) is 24.3 Å². The highest BCUT2D eigenvalue weighted by atomic mass is 16.7. The third kappa shape index (κ3) is 4.52. The molecule has 2 rings (SSSR count). The van der Waals surface area contributed by atoms with Gasteiger partial charge in [0.15, 0.2) is 6.29 Å². The molecule has 5 nitrogen and oxygen atoms in total. The summed E-state index contributed by atoms with van der Waals surface area (Å²) in [6, 6.07) is 8.92. The molecule has 0 N–H and O–H groups in total. The molecule has 21 heavy (non-hydrogen) atoms. The maximum absolute atomic E-state index is 11.9. The molecule has 5 heteroatoms. The zero-order chi connectivity index (χ0) is 15.1. The Kier molecular flexibility index (Phi) is 6.17. The first-order chi connectivity index (χ1) is 10.2. The molecule has 0 bridgehead atoms. The van der Waals surface area contributed by atoms with Crippen LogP contribution in [-0.4, -0.2) is 44.3 Å². The highest BCUT2D eigenvalue weighted by molar-refractivity contribution is 5.89. The van der Waals surface area contributed by atoms with Crippen molar-refractivity contribution in [1.29, 1.82) is 0 Å². The summed E-state index contributed by atoms with van der Waals surface area (Å²) in [5.41, 5.74) is 0.540. The number of carbonyl (C=O) groups is 1. The minimum absolute atomic E-state index is 0.102. The van der Waals surface area contributed by atoms with Crippen LogP contribution in [-0.2, 0) is 18.9 Å². The van der Waals surface area contributed by atoms with Crippen LogP contribution in [0.1, 0.15) is 30.6 Å². The van der Waals surface area contributed by atoms with Gasteiger partial charge in [-0.25, -0.2) is 4.79 Å².